The van der Waals surface area contributed by atoms with Gasteiger partial charge in [0, 0.05) is 0 Å². The minimum atomic E-state index is -3.25. The molecular weight excluding hydrogens is 240 g/mol. The van der Waals surface area contributed by atoms with Gasteiger partial charge in [-0.2, -0.15) is 0 Å². The monoisotopic (exact) mass is 255 g/mol. The highest BCUT2D eigenvalue weighted by Crippen LogP contribution is 2.17. The largest absolute Gasteiger partial charge is 0.479 e. The summed E-state index contributed by atoms with van der Waals surface area (Å²) in [4.78, 5) is 21.7. The Kier molecular flexibility index (Phi) is 5.27. The quantitative estimate of drug-likeness (QED) is 0.668. The summed E-state index contributed by atoms with van der Waals surface area (Å²) in [6, 6.07) is -2.26. The molecule has 0 radical (unpaired) electrons. The first-order chi connectivity index (χ1) is 7.59. The molecule has 0 aliphatic carbocycles. The minimum Gasteiger partial charge on any atom is -0.479 e. The lowest BCUT2D eigenvalue weighted by Gasteiger charge is -2.28. The Morgan fingerprint density at radius 1 is 1.35 bits per heavy atom. The highest BCUT2D eigenvalue weighted by molar-refractivity contribution is 5.79. The molecule has 0 fully saturated rings. The molecule has 2 atom stereocenters. The van der Waals surface area contributed by atoms with E-state index in [-0.39, 0.29) is 0 Å². The van der Waals surface area contributed by atoms with Gasteiger partial charge in [0.1, 0.15) is 6.04 Å². The topological polar surface area (TPSA) is 95.9 Å². The van der Waals surface area contributed by atoms with E-state index < -0.39 is 36.2 Å². The Morgan fingerprint density at radius 2 is 1.82 bits per heavy atom. The molecule has 0 aromatic heterocycles. The highest BCUT2D eigenvalue weighted by atomic mass is 19.3. The predicted octanol–water partition coefficient (Wildman–Crippen LogP) is 0.590. The number of ether oxygens (including phenoxy) is 1. The third-order valence-corrected chi connectivity index (χ3v) is 1.91. The van der Waals surface area contributed by atoms with Crippen molar-refractivity contribution < 1.29 is 33.3 Å². The van der Waals surface area contributed by atoms with E-state index in [1.807, 2.05) is 0 Å². The Balaban J connectivity index is 4.78. The Morgan fingerprint density at radius 3 is 2.12 bits per heavy atom. The molecule has 0 spiro atoms. The summed E-state index contributed by atoms with van der Waals surface area (Å²) in [6.07, 6.45) is -5.02. The second kappa shape index (κ2) is 5.76. The number of halogens is 2. The maximum atomic E-state index is 12.6. The lowest BCUT2D eigenvalue weighted by molar-refractivity contribution is -0.164. The van der Waals surface area contributed by atoms with E-state index in [1.165, 1.54) is 13.8 Å². The molecule has 0 aromatic carbocycles. The van der Waals surface area contributed by atoms with Gasteiger partial charge in [-0.05, 0) is 20.8 Å². The van der Waals surface area contributed by atoms with Crippen molar-refractivity contribution in [2.45, 2.75) is 44.9 Å². The maximum Gasteiger partial charge on any atom is 0.407 e. The molecule has 0 heterocycles. The number of carboxylic acid groups (broad SMARTS) is 1. The number of alkyl carbamates (subject to hydrolysis) is 1. The van der Waals surface area contributed by atoms with Gasteiger partial charge in [0.05, 0.1) is 6.10 Å². The number of carboxylic acids is 1. The summed E-state index contributed by atoms with van der Waals surface area (Å²) in [7, 11) is 0. The number of aliphatic hydroxyl groups is 1. The molecule has 0 aliphatic rings. The van der Waals surface area contributed by atoms with Gasteiger partial charge in [-0.15, -0.1) is 0 Å². The lowest BCUT2D eigenvalue weighted by atomic mass is 9.97. The standard InChI is InChI=1S/C9H15F2NO5/c1-4(2)17-8(15)12-5(6(10)11)9(3,16)7(13)14/h4-6,16H,1-3H3,(H,12,15)(H,13,14)/t5-,9+/m0/s1. The van der Waals surface area contributed by atoms with Crippen molar-refractivity contribution in [3.8, 4) is 0 Å². The first kappa shape index (κ1) is 15.6. The van der Waals surface area contributed by atoms with Crippen LogP contribution in [0.25, 0.3) is 0 Å². The zero-order valence-corrected chi connectivity index (χ0v) is 9.61. The smallest absolute Gasteiger partial charge is 0.407 e. The molecule has 0 unspecified atom stereocenters. The molecule has 3 N–H and O–H groups in total. The Bertz CT molecular complexity index is 293. The summed E-state index contributed by atoms with van der Waals surface area (Å²) in [5.41, 5.74) is -2.79. The van der Waals surface area contributed by atoms with Crippen LogP contribution in [-0.2, 0) is 9.53 Å². The average molecular weight is 255 g/mol. The maximum absolute atomic E-state index is 12.6. The van der Waals surface area contributed by atoms with Crippen molar-refractivity contribution in [1.82, 2.24) is 5.32 Å². The molecule has 0 aliphatic heterocycles. The molecule has 0 bridgehead atoms. The fourth-order valence-corrected chi connectivity index (χ4v) is 0.957. The molecule has 0 rings (SSSR count). The normalized spacial score (nSPS) is 16.5. The first-order valence-corrected chi connectivity index (χ1v) is 4.80. The Hall–Kier alpha value is -1.44. The third kappa shape index (κ3) is 4.51. The molecule has 0 saturated carbocycles. The number of carbonyl (C=O) groups is 2. The number of hydrogen-bond donors (Lipinski definition) is 3. The number of alkyl halides is 2. The number of hydrogen-bond acceptors (Lipinski definition) is 4. The second-order valence-corrected chi connectivity index (χ2v) is 3.86. The number of rotatable bonds is 5. The van der Waals surface area contributed by atoms with Crippen LogP contribution in [0.5, 0.6) is 0 Å². The van der Waals surface area contributed by atoms with Gasteiger partial charge >= 0.3 is 12.1 Å². The van der Waals surface area contributed by atoms with Crippen molar-refractivity contribution in [3.63, 3.8) is 0 Å². The lowest BCUT2D eigenvalue weighted by Crippen LogP contribution is -2.59. The van der Waals surface area contributed by atoms with Crippen LogP contribution in [-0.4, -0.2) is 46.4 Å². The number of amides is 1. The van der Waals surface area contributed by atoms with Crippen LogP contribution in [0.2, 0.25) is 0 Å². The van der Waals surface area contributed by atoms with E-state index in [0.717, 1.165) is 0 Å². The van der Waals surface area contributed by atoms with Crippen LogP contribution in [0.15, 0.2) is 0 Å². The van der Waals surface area contributed by atoms with Gasteiger partial charge in [0.25, 0.3) is 6.43 Å². The molecule has 6 nitrogen and oxygen atoms in total. The van der Waals surface area contributed by atoms with Gasteiger partial charge in [-0.3, -0.25) is 0 Å². The van der Waals surface area contributed by atoms with Gasteiger partial charge in [0.2, 0.25) is 0 Å². The molecule has 1 amide bonds. The van der Waals surface area contributed by atoms with E-state index in [2.05, 4.69) is 4.74 Å². The molecule has 17 heavy (non-hydrogen) atoms. The van der Waals surface area contributed by atoms with Crippen molar-refractivity contribution in [1.29, 1.82) is 0 Å². The summed E-state index contributed by atoms with van der Waals surface area (Å²) >= 11 is 0. The third-order valence-electron chi connectivity index (χ3n) is 1.91. The van der Waals surface area contributed by atoms with Crippen LogP contribution in [0.3, 0.4) is 0 Å². The minimum absolute atomic E-state index is 0.553. The van der Waals surface area contributed by atoms with Crippen LogP contribution in [0.1, 0.15) is 20.8 Å². The number of aliphatic carboxylic acids is 1. The fraction of sp³-hybridized carbons (Fsp3) is 0.778. The summed E-state index contributed by atoms with van der Waals surface area (Å²) < 4.78 is 29.6. The van der Waals surface area contributed by atoms with Gasteiger partial charge < -0.3 is 20.3 Å². The molecule has 8 heteroatoms. The van der Waals surface area contributed by atoms with E-state index in [1.54, 1.807) is 5.32 Å². The molecular formula is C9H15F2NO5. The van der Waals surface area contributed by atoms with Crippen LogP contribution in [0, 0.1) is 0 Å². The van der Waals surface area contributed by atoms with Gasteiger partial charge in [-0.25, -0.2) is 18.4 Å². The van der Waals surface area contributed by atoms with E-state index in [0.29, 0.717) is 6.92 Å². The SMILES string of the molecule is CC(C)OC(=O)N[C@@H](C(F)F)[C@@](C)(O)C(=O)O. The summed E-state index contributed by atoms with van der Waals surface area (Å²) in [6.45, 7) is 3.65. The van der Waals surface area contributed by atoms with Crippen LogP contribution in [0.4, 0.5) is 13.6 Å². The van der Waals surface area contributed by atoms with Gasteiger partial charge in [0.15, 0.2) is 5.60 Å². The zero-order chi connectivity index (χ0) is 13.8. The summed E-state index contributed by atoms with van der Waals surface area (Å²) in [5.74, 6) is -1.87. The zero-order valence-electron chi connectivity index (χ0n) is 9.61. The van der Waals surface area contributed by atoms with Crippen molar-refractivity contribution in [3.05, 3.63) is 0 Å². The van der Waals surface area contributed by atoms with E-state index in [4.69, 9.17) is 5.11 Å². The molecule has 0 saturated heterocycles. The van der Waals surface area contributed by atoms with Crippen LogP contribution < -0.4 is 5.32 Å². The van der Waals surface area contributed by atoms with Crippen LogP contribution >= 0.6 is 0 Å². The molecule has 0 aromatic rings. The summed E-state index contributed by atoms with van der Waals surface area (Å²) in [5, 5.41) is 19.6. The Labute approximate surface area is 96.6 Å². The van der Waals surface area contributed by atoms with Gasteiger partial charge in [-0.1, -0.05) is 0 Å². The molecule has 100 valence electrons. The number of carbonyl (C=O) groups excluding carboxylic acids is 1. The van der Waals surface area contributed by atoms with E-state index >= 15 is 0 Å². The number of nitrogens with one attached hydrogen (secondary N) is 1. The van der Waals surface area contributed by atoms with Crippen molar-refractivity contribution in [2.24, 2.45) is 0 Å². The highest BCUT2D eigenvalue weighted by Gasteiger charge is 2.46. The first-order valence-electron chi connectivity index (χ1n) is 4.80. The predicted molar refractivity (Wildman–Crippen MR) is 52.8 cm³/mol. The van der Waals surface area contributed by atoms with E-state index in [9.17, 15) is 23.5 Å². The van der Waals surface area contributed by atoms with Crippen molar-refractivity contribution >= 4 is 12.1 Å². The average Bonchev–Trinajstić information content (AvgIpc) is 2.11. The second-order valence-electron chi connectivity index (χ2n) is 3.86. The fourth-order valence-electron chi connectivity index (χ4n) is 0.957. The van der Waals surface area contributed by atoms with Crippen molar-refractivity contribution in [2.75, 3.05) is 0 Å².